The molecule has 1 aliphatic heterocycles. The minimum atomic E-state index is -0.276. The van der Waals surface area contributed by atoms with Crippen molar-refractivity contribution in [1.29, 1.82) is 5.26 Å². The number of hydrogen-bond acceptors (Lipinski definition) is 4. The maximum atomic E-state index is 12.5. The molecule has 0 bridgehead atoms. The maximum Gasteiger partial charge on any atom is 0.319 e. The lowest BCUT2D eigenvalue weighted by molar-refractivity contribution is 0.240. The summed E-state index contributed by atoms with van der Waals surface area (Å²) in [5.74, 6) is 0.558. The first kappa shape index (κ1) is 19.6. The molecule has 2 aromatic rings. The quantitative estimate of drug-likeness (QED) is 0.820. The first-order valence-corrected chi connectivity index (χ1v) is 9.63. The van der Waals surface area contributed by atoms with Crippen LogP contribution in [0.5, 0.6) is 5.75 Å². The summed E-state index contributed by atoms with van der Waals surface area (Å²) in [4.78, 5) is 14.8. The van der Waals surface area contributed by atoms with E-state index in [2.05, 4.69) is 33.7 Å². The van der Waals surface area contributed by atoms with E-state index in [0.717, 1.165) is 25.9 Å². The van der Waals surface area contributed by atoms with E-state index in [1.165, 1.54) is 5.69 Å². The molecule has 1 heterocycles. The largest absolute Gasteiger partial charge is 0.489 e. The van der Waals surface area contributed by atoms with Gasteiger partial charge in [0.05, 0.1) is 23.4 Å². The molecule has 1 aliphatic rings. The van der Waals surface area contributed by atoms with E-state index in [9.17, 15) is 4.79 Å². The average molecular weight is 378 g/mol. The van der Waals surface area contributed by atoms with Gasteiger partial charge in [0.2, 0.25) is 0 Å². The number of piperidine rings is 1. The number of benzene rings is 2. The Labute approximate surface area is 166 Å². The number of nitriles is 1. The lowest BCUT2D eigenvalue weighted by atomic mass is 10.0. The molecule has 2 amide bonds. The third kappa shape index (κ3) is 5.17. The van der Waals surface area contributed by atoms with E-state index >= 15 is 0 Å². The summed E-state index contributed by atoms with van der Waals surface area (Å²) in [6.45, 7) is 5.65. The van der Waals surface area contributed by atoms with Gasteiger partial charge in [-0.1, -0.05) is 18.2 Å². The molecular weight excluding hydrogens is 352 g/mol. The summed E-state index contributed by atoms with van der Waals surface area (Å²) >= 11 is 0. The van der Waals surface area contributed by atoms with E-state index in [1.54, 1.807) is 18.2 Å². The number of nitrogens with zero attached hydrogens (tertiary/aromatic N) is 2. The summed E-state index contributed by atoms with van der Waals surface area (Å²) in [7, 11) is 0. The number of rotatable bonds is 5. The van der Waals surface area contributed by atoms with Crippen molar-refractivity contribution in [2.45, 2.75) is 38.8 Å². The number of amides is 2. The van der Waals surface area contributed by atoms with Crippen LogP contribution in [-0.2, 0) is 0 Å². The fourth-order valence-electron chi connectivity index (χ4n) is 3.32. The van der Waals surface area contributed by atoms with Crippen molar-refractivity contribution in [2.24, 2.45) is 0 Å². The summed E-state index contributed by atoms with van der Waals surface area (Å²) in [5, 5.41) is 15.0. The van der Waals surface area contributed by atoms with Crippen molar-refractivity contribution in [3.63, 3.8) is 0 Å². The van der Waals surface area contributed by atoms with Crippen molar-refractivity contribution in [2.75, 3.05) is 23.3 Å². The highest BCUT2D eigenvalue weighted by Gasteiger charge is 2.21. The monoisotopic (exact) mass is 378 g/mol. The number of hydrogen-bond donors (Lipinski definition) is 2. The molecule has 2 N–H and O–H groups in total. The minimum Gasteiger partial charge on any atom is -0.489 e. The molecule has 1 saturated heterocycles. The van der Waals surface area contributed by atoms with Crippen molar-refractivity contribution in [1.82, 2.24) is 5.32 Å². The SMILES string of the molecule is CC(C)Oc1ccc(C#N)cc1NC(=O)NC1CCN(c2ccccc2)CC1. The van der Waals surface area contributed by atoms with Crippen molar-refractivity contribution >= 4 is 17.4 Å². The standard InChI is InChI=1S/C22H26N4O2/c1-16(2)28-21-9-8-17(15-23)14-20(21)25-22(27)24-18-10-12-26(13-11-18)19-6-4-3-5-7-19/h3-9,14,16,18H,10-13H2,1-2H3,(H2,24,25,27). The number of ether oxygens (including phenoxy) is 1. The number of urea groups is 1. The number of para-hydroxylation sites is 1. The molecule has 0 unspecified atom stereocenters. The molecule has 0 aliphatic carbocycles. The Balaban J connectivity index is 1.57. The first-order valence-electron chi connectivity index (χ1n) is 9.63. The van der Waals surface area contributed by atoms with Crippen LogP contribution in [0, 0.1) is 11.3 Å². The van der Waals surface area contributed by atoms with E-state index in [1.807, 2.05) is 32.0 Å². The van der Waals surface area contributed by atoms with Crippen LogP contribution in [0.25, 0.3) is 0 Å². The molecule has 6 heteroatoms. The topological polar surface area (TPSA) is 77.4 Å². The summed E-state index contributed by atoms with van der Waals surface area (Å²) < 4.78 is 5.74. The van der Waals surface area contributed by atoms with Gasteiger partial charge < -0.3 is 20.3 Å². The van der Waals surface area contributed by atoms with Gasteiger partial charge in [0.1, 0.15) is 5.75 Å². The second-order valence-corrected chi connectivity index (χ2v) is 7.18. The second-order valence-electron chi connectivity index (χ2n) is 7.18. The van der Waals surface area contributed by atoms with Gasteiger partial charge in [-0.25, -0.2) is 4.79 Å². The Bertz CT molecular complexity index is 837. The Kier molecular flexibility index (Phi) is 6.38. The minimum absolute atomic E-state index is 0.0288. The van der Waals surface area contributed by atoms with Gasteiger partial charge in [-0.2, -0.15) is 5.26 Å². The summed E-state index contributed by atoms with van der Waals surface area (Å²) in [5.41, 5.74) is 2.20. The Morgan fingerprint density at radius 3 is 2.54 bits per heavy atom. The van der Waals surface area contributed by atoms with Crippen LogP contribution >= 0.6 is 0 Å². The molecule has 0 aromatic heterocycles. The van der Waals surface area contributed by atoms with Crippen molar-refractivity contribution in [3.8, 4) is 11.8 Å². The van der Waals surface area contributed by atoms with E-state index < -0.39 is 0 Å². The maximum absolute atomic E-state index is 12.5. The highest BCUT2D eigenvalue weighted by atomic mass is 16.5. The number of nitrogens with one attached hydrogen (secondary N) is 2. The predicted molar refractivity (Wildman–Crippen MR) is 111 cm³/mol. The van der Waals surface area contributed by atoms with Crippen LogP contribution in [0.15, 0.2) is 48.5 Å². The Hall–Kier alpha value is -3.20. The highest BCUT2D eigenvalue weighted by molar-refractivity contribution is 5.91. The van der Waals surface area contributed by atoms with Gasteiger partial charge in [0, 0.05) is 24.8 Å². The third-order valence-electron chi connectivity index (χ3n) is 4.67. The van der Waals surface area contributed by atoms with Crippen LogP contribution < -0.4 is 20.3 Å². The fraction of sp³-hybridized carbons (Fsp3) is 0.364. The molecular formula is C22H26N4O2. The molecule has 0 radical (unpaired) electrons. The van der Waals surface area contributed by atoms with Gasteiger partial charge in [0.15, 0.2) is 0 Å². The second kappa shape index (κ2) is 9.14. The lowest BCUT2D eigenvalue weighted by Crippen LogP contribution is -2.46. The van der Waals surface area contributed by atoms with Crippen LogP contribution in [0.4, 0.5) is 16.2 Å². The van der Waals surface area contributed by atoms with Gasteiger partial charge in [0.25, 0.3) is 0 Å². The average Bonchev–Trinajstić information content (AvgIpc) is 2.70. The smallest absolute Gasteiger partial charge is 0.319 e. The van der Waals surface area contributed by atoms with E-state index in [-0.39, 0.29) is 18.2 Å². The summed E-state index contributed by atoms with van der Waals surface area (Å²) in [6.07, 6.45) is 1.74. The zero-order valence-electron chi connectivity index (χ0n) is 16.3. The molecule has 28 heavy (non-hydrogen) atoms. The van der Waals surface area contributed by atoms with Crippen LogP contribution in [0.2, 0.25) is 0 Å². The van der Waals surface area contributed by atoms with Crippen LogP contribution in [0.1, 0.15) is 32.3 Å². The van der Waals surface area contributed by atoms with Crippen LogP contribution in [-0.4, -0.2) is 31.3 Å². The van der Waals surface area contributed by atoms with Gasteiger partial charge in [-0.3, -0.25) is 0 Å². The molecule has 0 saturated carbocycles. The lowest BCUT2D eigenvalue weighted by Gasteiger charge is -2.34. The molecule has 3 rings (SSSR count). The molecule has 2 aromatic carbocycles. The molecule has 1 fully saturated rings. The van der Waals surface area contributed by atoms with E-state index in [0.29, 0.717) is 17.0 Å². The number of carbonyl (C=O) groups is 1. The van der Waals surface area contributed by atoms with Crippen molar-refractivity contribution < 1.29 is 9.53 Å². The van der Waals surface area contributed by atoms with Gasteiger partial charge >= 0.3 is 6.03 Å². The zero-order chi connectivity index (χ0) is 19.9. The van der Waals surface area contributed by atoms with E-state index in [4.69, 9.17) is 10.00 Å². The number of carbonyl (C=O) groups excluding carboxylic acids is 1. The Morgan fingerprint density at radius 1 is 1.18 bits per heavy atom. The van der Waals surface area contributed by atoms with Crippen molar-refractivity contribution in [3.05, 3.63) is 54.1 Å². The van der Waals surface area contributed by atoms with Crippen LogP contribution in [0.3, 0.4) is 0 Å². The first-order chi connectivity index (χ1) is 13.5. The normalized spacial score (nSPS) is 14.4. The molecule has 0 spiro atoms. The fourth-order valence-corrected chi connectivity index (χ4v) is 3.32. The third-order valence-corrected chi connectivity index (χ3v) is 4.67. The Morgan fingerprint density at radius 2 is 1.89 bits per heavy atom. The molecule has 146 valence electrons. The highest BCUT2D eigenvalue weighted by Crippen LogP contribution is 2.27. The molecule has 0 atom stereocenters. The number of anilines is 2. The predicted octanol–water partition coefficient (Wildman–Crippen LogP) is 4.14. The zero-order valence-corrected chi connectivity index (χ0v) is 16.3. The molecule has 6 nitrogen and oxygen atoms in total. The van der Waals surface area contributed by atoms with Gasteiger partial charge in [-0.15, -0.1) is 0 Å². The van der Waals surface area contributed by atoms with Gasteiger partial charge in [-0.05, 0) is 57.0 Å². The summed E-state index contributed by atoms with van der Waals surface area (Å²) in [6, 6.07) is 17.3.